The van der Waals surface area contributed by atoms with Crippen molar-refractivity contribution < 1.29 is 17.4 Å². The maximum atomic E-state index is 11.3. The SMILES string of the molecule is CS(=O)(=O)OCCCC1CCC=CC1=O. The Morgan fingerprint density at radius 1 is 1.53 bits per heavy atom. The van der Waals surface area contributed by atoms with Crippen molar-refractivity contribution in [3.05, 3.63) is 12.2 Å². The Morgan fingerprint density at radius 2 is 2.27 bits per heavy atom. The van der Waals surface area contributed by atoms with Gasteiger partial charge in [-0.05, 0) is 31.8 Å². The van der Waals surface area contributed by atoms with Gasteiger partial charge in [0.15, 0.2) is 5.78 Å². The summed E-state index contributed by atoms with van der Waals surface area (Å²) in [6.45, 7) is 0.173. The highest BCUT2D eigenvalue weighted by atomic mass is 32.2. The van der Waals surface area contributed by atoms with Gasteiger partial charge in [0.2, 0.25) is 0 Å². The first-order chi connectivity index (χ1) is 6.99. The van der Waals surface area contributed by atoms with Crippen LogP contribution in [0, 0.1) is 5.92 Å². The van der Waals surface area contributed by atoms with Crippen molar-refractivity contribution in [1.82, 2.24) is 0 Å². The Morgan fingerprint density at radius 3 is 2.87 bits per heavy atom. The number of ketones is 1. The van der Waals surface area contributed by atoms with Gasteiger partial charge in [0.05, 0.1) is 12.9 Å². The molecule has 1 aliphatic rings. The van der Waals surface area contributed by atoms with E-state index in [1.165, 1.54) is 0 Å². The van der Waals surface area contributed by atoms with E-state index in [4.69, 9.17) is 0 Å². The molecule has 0 N–H and O–H groups in total. The third-order valence-electron chi connectivity index (χ3n) is 2.36. The van der Waals surface area contributed by atoms with E-state index in [9.17, 15) is 13.2 Å². The maximum absolute atomic E-state index is 11.3. The van der Waals surface area contributed by atoms with Gasteiger partial charge in [-0.1, -0.05) is 6.08 Å². The molecule has 0 bridgehead atoms. The van der Waals surface area contributed by atoms with E-state index in [0.29, 0.717) is 12.8 Å². The second-order valence-electron chi connectivity index (χ2n) is 3.75. The lowest BCUT2D eigenvalue weighted by Crippen LogP contribution is -2.16. The van der Waals surface area contributed by atoms with Gasteiger partial charge in [-0.2, -0.15) is 8.42 Å². The quantitative estimate of drug-likeness (QED) is 0.529. The van der Waals surface area contributed by atoms with Crippen molar-refractivity contribution >= 4 is 15.9 Å². The molecule has 1 atom stereocenters. The van der Waals surface area contributed by atoms with E-state index >= 15 is 0 Å². The van der Waals surface area contributed by atoms with Crippen molar-refractivity contribution in [1.29, 1.82) is 0 Å². The molecule has 0 aromatic rings. The third kappa shape index (κ3) is 5.09. The molecule has 0 heterocycles. The zero-order valence-corrected chi connectivity index (χ0v) is 9.63. The molecule has 1 rings (SSSR count). The van der Waals surface area contributed by atoms with Crippen LogP contribution in [0.1, 0.15) is 25.7 Å². The van der Waals surface area contributed by atoms with Crippen LogP contribution in [-0.4, -0.2) is 27.1 Å². The largest absolute Gasteiger partial charge is 0.295 e. The van der Waals surface area contributed by atoms with Crippen molar-refractivity contribution in [3.63, 3.8) is 0 Å². The zero-order valence-electron chi connectivity index (χ0n) is 8.81. The highest BCUT2D eigenvalue weighted by Gasteiger charge is 2.17. The topological polar surface area (TPSA) is 60.4 Å². The molecule has 5 heteroatoms. The average molecular weight is 232 g/mol. The molecule has 0 radical (unpaired) electrons. The van der Waals surface area contributed by atoms with Crippen LogP contribution in [0.4, 0.5) is 0 Å². The number of hydrogen-bond donors (Lipinski definition) is 0. The Bertz CT molecular complexity index is 342. The minimum atomic E-state index is -3.34. The standard InChI is InChI=1S/C10H16O4S/c1-15(12,13)14-8-4-6-9-5-2-3-7-10(9)11/h3,7,9H,2,4-6,8H2,1H3. The highest BCUT2D eigenvalue weighted by Crippen LogP contribution is 2.20. The smallest absolute Gasteiger partial charge is 0.264 e. The van der Waals surface area contributed by atoms with Gasteiger partial charge in [0.1, 0.15) is 0 Å². The van der Waals surface area contributed by atoms with E-state index in [0.717, 1.165) is 19.1 Å². The van der Waals surface area contributed by atoms with Crippen LogP contribution < -0.4 is 0 Å². The van der Waals surface area contributed by atoms with E-state index in [2.05, 4.69) is 4.18 Å². The van der Waals surface area contributed by atoms with Crippen molar-refractivity contribution in [2.24, 2.45) is 5.92 Å². The summed E-state index contributed by atoms with van der Waals surface area (Å²) < 4.78 is 25.9. The van der Waals surface area contributed by atoms with E-state index in [1.807, 2.05) is 6.08 Å². The number of allylic oxidation sites excluding steroid dienone is 2. The lowest BCUT2D eigenvalue weighted by atomic mass is 9.89. The second-order valence-corrected chi connectivity index (χ2v) is 5.39. The molecule has 4 nitrogen and oxygen atoms in total. The fraction of sp³-hybridized carbons (Fsp3) is 0.700. The molecule has 86 valence electrons. The minimum Gasteiger partial charge on any atom is -0.295 e. The lowest BCUT2D eigenvalue weighted by molar-refractivity contribution is -0.119. The Balaban J connectivity index is 2.20. The molecule has 0 aromatic carbocycles. The van der Waals surface area contributed by atoms with Gasteiger partial charge >= 0.3 is 0 Å². The molecule has 0 saturated carbocycles. The lowest BCUT2D eigenvalue weighted by Gasteiger charge is -2.15. The predicted octanol–water partition coefficient (Wildman–Crippen LogP) is 1.28. The number of carbonyl (C=O) groups excluding carboxylic acids is 1. The summed E-state index contributed by atoms with van der Waals surface area (Å²) in [4.78, 5) is 11.3. The molecular weight excluding hydrogens is 216 g/mol. The monoisotopic (exact) mass is 232 g/mol. The molecule has 15 heavy (non-hydrogen) atoms. The van der Waals surface area contributed by atoms with E-state index < -0.39 is 10.1 Å². The molecule has 1 aliphatic carbocycles. The molecule has 0 saturated heterocycles. The summed E-state index contributed by atoms with van der Waals surface area (Å²) in [5.41, 5.74) is 0. The van der Waals surface area contributed by atoms with Gasteiger partial charge in [0.25, 0.3) is 10.1 Å². The van der Waals surface area contributed by atoms with Crippen molar-refractivity contribution in [3.8, 4) is 0 Å². The summed E-state index contributed by atoms with van der Waals surface area (Å²) in [5, 5.41) is 0. The van der Waals surface area contributed by atoms with E-state index in [1.54, 1.807) is 6.08 Å². The number of carbonyl (C=O) groups is 1. The fourth-order valence-corrected chi connectivity index (χ4v) is 2.02. The van der Waals surface area contributed by atoms with Crippen LogP contribution in [0.2, 0.25) is 0 Å². The molecule has 0 fully saturated rings. The molecule has 0 aliphatic heterocycles. The zero-order chi connectivity index (χ0) is 11.3. The summed E-state index contributed by atoms with van der Waals surface area (Å²) >= 11 is 0. The highest BCUT2D eigenvalue weighted by molar-refractivity contribution is 7.85. The normalized spacial score (nSPS) is 21.9. The van der Waals surface area contributed by atoms with Gasteiger partial charge in [0, 0.05) is 5.92 Å². The summed E-state index contributed by atoms with van der Waals surface area (Å²) in [7, 11) is -3.34. The number of hydrogen-bond acceptors (Lipinski definition) is 4. The second kappa shape index (κ2) is 5.42. The average Bonchev–Trinajstić information content (AvgIpc) is 2.13. The van der Waals surface area contributed by atoms with Gasteiger partial charge in [-0.15, -0.1) is 0 Å². The van der Waals surface area contributed by atoms with Gasteiger partial charge < -0.3 is 0 Å². The van der Waals surface area contributed by atoms with Crippen molar-refractivity contribution in [2.45, 2.75) is 25.7 Å². The van der Waals surface area contributed by atoms with Crippen LogP contribution in [0.15, 0.2) is 12.2 Å². The Labute approximate surface area is 90.4 Å². The van der Waals surface area contributed by atoms with Gasteiger partial charge in [-0.25, -0.2) is 0 Å². The van der Waals surface area contributed by atoms with Crippen LogP contribution in [0.5, 0.6) is 0 Å². The first kappa shape index (κ1) is 12.4. The Hall–Kier alpha value is -0.680. The summed E-state index contributed by atoms with van der Waals surface area (Å²) in [6, 6.07) is 0. The first-order valence-corrected chi connectivity index (χ1v) is 6.85. The molecule has 1 unspecified atom stereocenters. The predicted molar refractivity (Wildman–Crippen MR) is 56.9 cm³/mol. The van der Waals surface area contributed by atoms with Crippen LogP contribution in [0.25, 0.3) is 0 Å². The van der Waals surface area contributed by atoms with Crippen molar-refractivity contribution in [2.75, 3.05) is 12.9 Å². The number of rotatable bonds is 5. The van der Waals surface area contributed by atoms with Crippen LogP contribution in [0.3, 0.4) is 0 Å². The molecular formula is C10H16O4S. The Kier molecular flexibility index (Phi) is 4.47. The van der Waals surface area contributed by atoms with E-state index in [-0.39, 0.29) is 18.3 Å². The molecule has 0 spiro atoms. The van der Waals surface area contributed by atoms with Crippen LogP contribution >= 0.6 is 0 Å². The first-order valence-electron chi connectivity index (χ1n) is 5.04. The molecule has 0 amide bonds. The maximum Gasteiger partial charge on any atom is 0.264 e. The van der Waals surface area contributed by atoms with Crippen LogP contribution in [-0.2, 0) is 19.1 Å². The summed E-state index contributed by atoms with van der Waals surface area (Å²) in [5.74, 6) is 0.207. The summed E-state index contributed by atoms with van der Waals surface area (Å²) in [6.07, 6.45) is 7.65. The third-order valence-corrected chi connectivity index (χ3v) is 2.96. The molecule has 0 aromatic heterocycles. The van der Waals surface area contributed by atoms with Gasteiger partial charge in [-0.3, -0.25) is 8.98 Å². The fourth-order valence-electron chi connectivity index (χ4n) is 1.60. The minimum absolute atomic E-state index is 0.0539.